The van der Waals surface area contributed by atoms with Gasteiger partial charge >= 0.3 is 12.1 Å². The fourth-order valence-corrected chi connectivity index (χ4v) is 4.31. The Morgan fingerprint density at radius 2 is 1.60 bits per heavy atom. The molecule has 3 aromatic rings. The summed E-state index contributed by atoms with van der Waals surface area (Å²) in [6.45, 7) is 1.72. The molecule has 35 heavy (non-hydrogen) atoms. The number of carbonyl (C=O) groups excluding carboxylic acids is 2. The van der Waals surface area contributed by atoms with Crippen LogP contribution in [0.3, 0.4) is 0 Å². The van der Waals surface area contributed by atoms with Gasteiger partial charge in [-0.05, 0) is 47.4 Å². The summed E-state index contributed by atoms with van der Waals surface area (Å²) in [5, 5.41) is 14.2. The molecule has 1 atom stereocenters. The maximum Gasteiger partial charge on any atom is 0.411 e. The van der Waals surface area contributed by atoms with Crippen LogP contribution in [0.15, 0.2) is 66.7 Å². The van der Waals surface area contributed by atoms with Gasteiger partial charge < -0.3 is 19.9 Å². The molecule has 0 unspecified atom stereocenters. The lowest BCUT2D eigenvalue weighted by atomic mass is 9.98. The normalized spacial score (nSPS) is 12.7. The maximum absolute atomic E-state index is 12.8. The highest BCUT2D eigenvalue weighted by molar-refractivity contribution is 6.03. The Kier molecular flexibility index (Phi) is 7.01. The molecule has 0 aliphatic heterocycles. The first-order valence-corrected chi connectivity index (χ1v) is 11.2. The summed E-state index contributed by atoms with van der Waals surface area (Å²) in [5.41, 5.74) is 4.80. The SMILES string of the molecule is COc1ccc(NC(=O)OCC2c3ccccc3-c3ccccc32)c(C(=O)N[C@H](C)CC(=O)O)c1. The molecule has 3 N–H and O–H groups in total. The summed E-state index contributed by atoms with van der Waals surface area (Å²) in [4.78, 5) is 36.4. The van der Waals surface area contributed by atoms with E-state index in [4.69, 9.17) is 14.6 Å². The highest BCUT2D eigenvalue weighted by atomic mass is 16.5. The number of nitrogens with one attached hydrogen (secondary N) is 2. The van der Waals surface area contributed by atoms with Crippen LogP contribution in [0.2, 0.25) is 0 Å². The average Bonchev–Trinajstić information content (AvgIpc) is 3.16. The van der Waals surface area contributed by atoms with Crippen LogP contribution in [0.25, 0.3) is 11.1 Å². The fraction of sp³-hybridized carbons (Fsp3) is 0.222. The van der Waals surface area contributed by atoms with E-state index < -0.39 is 24.0 Å². The Hall–Kier alpha value is -4.33. The van der Waals surface area contributed by atoms with Crippen LogP contribution in [0.4, 0.5) is 10.5 Å². The number of carboxylic acids is 1. The van der Waals surface area contributed by atoms with Gasteiger partial charge in [-0.25, -0.2) is 4.79 Å². The minimum Gasteiger partial charge on any atom is -0.497 e. The van der Waals surface area contributed by atoms with Crippen molar-refractivity contribution in [3.8, 4) is 16.9 Å². The van der Waals surface area contributed by atoms with Crippen molar-refractivity contribution >= 4 is 23.7 Å². The van der Waals surface area contributed by atoms with Gasteiger partial charge in [0, 0.05) is 12.0 Å². The van der Waals surface area contributed by atoms with E-state index in [1.807, 2.05) is 36.4 Å². The zero-order chi connectivity index (χ0) is 24.9. The topological polar surface area (TPSA) is 114 Å². The number of amides is 2. The molecule has 0 radical (unpaired) electrons. The molecule has 2 amide bonds. The number of benzene rings is 3. The molecule has 3 aromatic carbocycles. The molecule has 4 rings (SSSR count). The molecular formula is C27H26N2O6. The van der Waals surface area contributed by atoms with E-state index in [1.165, 1.54) is 19.2 Å². The number of methoxy groups -OCH3 is 1. The van der Waals surface area contributed by atoms with Crippen molar-refractivity contribution in [3.63, 3.8) is 0 Å². The Bertz CT molecular complexity index is 1230. The second-order valence-corrected chi connectivity index (χ2v) is 8.33. The molecule has 0 spiro atoms. The minimum atomic E-state index is -1.03. The first-order valence-electron chi connectivity index (χ1n) is 11.2. The second-order valence-electron chi connectivity index (χ2n) is 8.33. The monoisotopic (exact) mass is 474 g/mol. The van der Waals surface area contributed by atoms with E-state index in [-0.39, 0.29) is 30.2 Å². The van der Waals surface area contributed by atoms with Crippen LogP contribution in [0, 0.1) is 0 Å². The predicted octanol–water partition coefficient (Wildman–Crippen LogP) is 4.65. The van der Waals surface area contributed by atoms with Gasteiger partial charge in [0.2, 0.25) is 0 Å². The summed E-state index contributed by atoms with van der Waals surface area (Å²) >= 11 is 0. The fourth-order valence-electron chi connectivity index (χ4n) is 4.31. The molecule has 8 heteroatoms. The Balaban J connectivity index is 1.48. The smallest absolute Gasteiger partial charge is 0.411 e. The molecule has 0 heterocycles. The molecule has 0 fully saturated rings. The van der Waals surface area contributed by atoms with Crippen molar-refractivity contribution in [2.24, 2.45) is 0 Å². The standard InChI is InChI=1S/C27H26N2O6/c1-16(13-25(30)31)28-26(32)22-14-17(34-2)11-12-24(22)29-27(33)35-15-23-20-9-5-3-7-18(20)19-8-4-6-10-21(19)23/h3-12,14,16,23H,13,15H2,1-2H3,(H,28,32)(H,29,33)(H,30,31)/t16-/m1/s1. The molecule has 8 nitrogen and oxygen atoms in total. The molecule has 180 valence electrons. The first-order chi connectivity index (χ1) is 16.9. The Morgan fingerprint density at radius 1 is 0.971 bits per heavy atom. The van der Waals surface area contributed by atoms with Crippen LogP contribution < -0.4 is 15.4 Å². The summed E-state index contributed by atoms with van der Waals surface area (Å²) in [6.07, 6.45) is -0.935. The van der Waals surface area contributed by atoms with E-state index in [0.717, 1.165) is 22.3 Å². The summed E-state index contributed by atoms with van der Waals surface area (Å²) in [6, 6.07) is 20.1. The van der Waals surface area contributed by atoms with Gasteiger partial charge in [-0.1, -0.05) is 48.5 Å². The molecule has 1 aliphatic rings. The number of aliphatic carboxylic acids is 1. The third-order valence-electron chi connectivity index (χ3n) is 5.91. The highest BCUT2D eigenvalue weighted by Crippen LogP contribution is 2.44. The van der Waals surface area contributed by atoms with E-state index in [2.05, 4.69) is 22.8 Å². The van der Waals surface area contributed by atoms with Gasteiger partial charge in [0.05, 0.1) is 24.8 Å². The molecule has 0 bridgehead atoms. The van der Waals surface area contributed by atoms with Crippen molar-refractivity contribution in [2.45, 2.75) is 25.3 Å². The lowest BCUT2D eigenvalue weighted by Crippen LogP contribution is -2.34. The van der Waals surface area contributed by atoms with Crippen molar-refractivity contribution in [1.29, 1.82) is 0 Å². The third-order valence-corrected chi connectivity index (χ3v) is 5.91. The first kappa shape index (κ1) is 23.8. The lowest BCUT2D eigenvalue weighted by molar-refractivity contribution is -0.137. The molecule has 0 saturated carbocycles. The van der Waals surface area contributed by atoms with Gasteiger partial charge in [0.15, 0.2) is 0 Å². The summed E-state index contributed by atoms with van der Waals surface area (Å²) in [5.74, 6) is -1.24. The maximum atomic E-state index is 12.8. The Morgan fingerprint density at radius 3 is 2.20 bits per heavy atom. The van der Waals surface area contributed by atoms with Crippen LogP contribution in [-0.2, 0) is 9.53 Å². The van der Waals surface area contributed by atoms with Crippen molar-refractivity contribution in [1.82, 2.24) is 5.32 Å². The number of hydrogen-bond acceptors (Lipinski definition) is 5. The highest BCUT2D eigenvalue weighted by Gasteiger charge is 2.29. The molecule has 1 aliphatic carbocycles. The van der Waals surface area contributed by atoms with Crippen molar-refractivity contribution < 1.29 is 29.0 Å². The van der Waals surface area contributed by atoms with Gasteiger partial charge in [-0.15, -0.1) is 0 Å². The number of hydrogen-bond donors (Lipinski definition) is 3. The second kappa shape index (κ2) is 10.3. The lowest BCUT2D eigenvalue weighted by Gasteiger charge is -2.17. The zero-order valence-corrected chi connectivity index (χ0v) is 19.4. The Labute approximate surface area is 202 Å². The molecule has 0 aromatic heterocycles. The van der Waals surface area contributed by atoms with Gasteiger partial charge in [0.1, 0.15) is 12.4 Å². The van der Waals surface area contributed by atoms with Crippen molar-refractivity contribution in [2.75, 3.05) is 19.0 Å². The van der Waals surface area contributed by atoms with Gasteiger partial charge in [-0.2, -0.15) is 0 Å². The number of carboxylic acid groups (broad SMARTS) is 1. The van der Waals surface area contributed by atoms with Crippen LogP contribution in [0.1, 0.15) is 40.7 Å². The molecular weight excluding hydrogens is 448 g/mol. The predicted molar refractivity (Wildman–Crippen MR) is 131 cm³/mol. The number of ether oxygens (including phenoxy) is 2. The largest absolute Gasteiger partial charge is 0.497 e. The quantitative estimate of drug-likeness (QED) is 0.438. The third kappa shape index (κ3) is 5.27. The number of rotatable bonds is 8. The van der Waals surface area contributed by atoms with E-state index in [9.17, 15) is 14.4 Å². The minimum absolute atomic E-state index is 0.0938. The van der Waals surface area contributed by atoms with Gasteiger partial charge in [-0.3, -0.25) is 14.9 Å². The van der Waals surface area contributed by atoms with E-state index in [1.54, 1.807) is 13.0 Å². The molecule has 0 saturated heterocycles. The zero-order valence-electron chi connectivity index (χ0n) is 19.4. The number of carbonyl (C=O) groups is 3. The van der Waals surface area contributed by atoms with E-state index >= 15 is 0 Å². The van der Waals surface area contributed by atoms with E-state index in [0.29, 0.717) is 5.75 Å². The average molecular weight is 475 g/mol. The van der Waals surface area contributed by atoms with Crippen LogP contribution in [-0.4, -0.2) is 42.8 Å². The number of anilines is 1. The summed E-state index contributed by atoms with van der Waals surface area (Å²) < 4.78 is 10.8. The van der Waals surface area contributed by atoms with Crippen LogP contribution in [0.5, 0.6) is 5.75 Å². The summed E-state index contributed by atoms with van der Waals surface area (Å²) in [7, 11) is 1.46. The van der Waals surface area contributed by atoms with Gasteiger partial charge in [0.25, 0.3) is 5.91 Å². The van der Waals surface area contributed by atoms with Crippen LogP contribution >= 0.6 is 0 Å². The van der Waals surface area contributed by atoms with Crippen molar-refractivity contribution in [3.05, 3.63) is 83.4 Å². The number of fused-ring (bicyclic) bond motifs is 3.